The maximum absolute atomic E-state index is 9.88. The Labute approximate surface area is 95.0 Å². The van der Waals surface area contributed by atoms with Gasteiger partial charge in [-0.05, 0) is 31.7 Å². The number of hydrogen-bond acceptors (Lipinski definition) is 3. The Balaban J connectivity index is 3.14. The standard InChI is InChI=1S/C11H16ClNO2/c1-7-4-8(12)11(9(14)6-13-2)10(5-7)15-3/h4-5,9,13-14H,6H2,1-3H3. The monoisotopic (exact) mass is 229 g/mol. The summed E-state index contributed by atoms with van der Waals surface area (Å²) in [7, 11) is 3.35. The van der Waals surface area contributed by atoms with E-state index in [9.17, 15) is 5.11 Å². The number of ether oxygens (including phenoxy) is 1. The van der Waals surface area contributed by atoms with Crippen molar-refractivity contribution >= 4 is 11.6 Å². The second kappa shape index (κ2) is 5.35. The maximum Gasteiger partial charge on any atom is 0.126 e. The van der Waals surface area contributed by atoms with Crippen LogP contribution in [0.5, 0.6) is 5.75 Å². The minimum absolute atomic E-state index is 0.444. The van der Waals surface area contributed by atoms with Crippen molar-refractivity contribution in [2.45, 2.75) is 13.0 Å². The second-order valence-corrected chi connectivity index (χ2v) is 3.84. The minimum Gasteiger partial charge on any atom is -0.496 e. The largest absolute Gasteiger partial charge is 0.496 e. The Morgan fingerprint density at radius 1 is 1.53 bits per heavy atom. The van der Waals surface area contributed by atoms with Gasteiger partial charge in [0.15, 0.2) is 0 Å². The average Bonchev–Trinajstić information content (AvgIpc) is 2.16. The Morgan fingerprint density at radius 3 is 2.73 bits per heavy atom. The normalized spacial score (nSPS) is 12.6. The zero-order chi connectivity index (χ0) is 11.4. The first kappa shape index (κ1) is 12.3. The number of nitrogens with one attached hydrogen (secondary N) is 1. The molecule has 1 atom stereocenters. The highest BCUT2D eigenvalue weighted by Crippen LogP contribution is 2.33. The van der Waals surface area contributed by atoms with Crippen molar-refractivity contribution in [1.29, 1.82) is 0 Å². The van der Waals surface area contributed by atoms with Gasteiger partial charge >= 0.3 is 0 Å². The van der Waals surface area contributed by atoms with Gasteiger partial charge in [0, 0.05) is 12.1 Å². The smallest absolute Gasteiger partial charge is 0.126 e. The summed E-state index contributed by atoms with van der Waals surface area (Å²) in [6, 6.07) is 3.68. The van der Waals surface area contributed by atoms with Crippen molar-refractivity contribution in [3.8, 4) is 5.75 Å². The van der Waals surface area contributed by atoms with E-state index in [0.717, 1.165) is 5.56 Å². The number of aryl methyl sites for hydroxylation is 1. The lowest BCUT2D eigenvalue weighted by atomic mass is 10.1. The molecule has 0 amide bonds. The number of benzene rings is 1. The summed E-state index contributed by atoms with van der Waals surface area (Å²) >= 11 is 6.08. The summed E-state index contributed by atoms with van der Waals surface area (Å²) in [5.74, 6) is 0.628. The van der Waals surface area contributed by atoms with Crippen LogP contribution in [0.3, 0.4) is 0 Å². The number of likely N-dealkylation sites (N-methyl/N-ethyl adjacent to an activating group) is 1. The number of methoxy groups -OCH3 is 1. The lowest BCUT2D eigenvalue weighted by Crippen LogP contribution is -2.17. The van der Waals surface area contributed by atoms with Gasteiger partial charge in [0.1, 0.15) is 5.75 Å². The van der Waals surface area contributed by atoms with Gasteiger partial charge in [0.25, 0.3) is 0 Å². The Bertz CT molecular complexity index is 342. The molecule has 0 spiro atoms. The van der Waals surface area contributed by atoms with E-state index in [1.807, 2.05) is 19.1 Å². The van der Waals surface area contributed by atoms with Crippen LogP contribution in [0.2, 0.25) is 5.02 Å². The summed E-state index contributed by atoms with van der Waals surface area (Å²) in [4.78, 5) is 0. The van der Waals surface area contributed by atoms with E-state index < -0.39 is 6.10 Å². The van der Waals surface area contributed by atoms with Crippen LogP contribution in [0, 0.1) is 6.92 Å². The summed E-state index contributed by atoms with van der Waals surface area (Å²) in [5.41, 5.74) is 1.65. The van der Waals surface area contributed by atoms with Gasteiger partial charge in [-0.25, -0.2) is 0 Å². The first-order chi connectivity index (χ1) is 7.10. The molecular weight excluding hydrogens is 214 g/mol. The van der Waals surface area contributed by atoms with Gasteiger partial charge in [0.2, 0.25) is 0 Å². The molecule has 3 nitrogen and oxygen atoms in total. The molecule has 1 unspecified atom stereocenters. The zero-order valence-corrected chi connectivity index (χ0v) is 9.93. The second-order valence-electron chi connectivity index (χ2n) is 3.44. The Morgan fingerprint density at radius 2 is 2.20 bits per heavy atom. The molecule has 0 radical (unpaired) electrons. The van der Waals surface area contributed by atoms with Gasteiger partial charge in [0.05, 0.1) is 18.2 Å². The minimum atomic E-state index is -0.655. The molecule has 1 aromatic rings. The molecule has 1 rings (SSSR count). The average molecular weight is 230 g/mol. The molecular formula is C11H16ClNO2. The van der Waals surface area contributed by atoms with E-state index >= 15 is 0 Å². The fraction of sp³-hybridized carbons (Fsp3) is 0.455. The molecule has 0 heterocycles. The van der Waals surface area contributed by atoms with E-state index in [1.165, 1.54) is 0 Å². The van der Waals surface area contributed by atoms with Crippen LogP contribution in [0.15, 0.2) is 12.1 Å². The first-order valence-electron chi connectivity index (χ1n) is 4.76. The van der Waals surface area contributed by atoms with E-state index in [1.54, 1.807) is 14.2 Å². The molecule has 0 saturated carbocycles. The van der Waals surface area contributed by atoms with Gasteiger partial charge in [-0.3, -0.25) is 0 Å². The molecule has 15 heavy (non-hydrogen) atoms. The lowest BCUT2D eigenvalue weighted by Gasteiger charge is -2.16. The highest BCUT2D eigenvalue weighted by Gasteiger charge is 2.16. The highest BCUT2D eigenvalue weighted by atomic mass is 35.5. The summed E-state index contributed by atoms with van der Waals surface area (Å²) in [5, 5.41) is 13.3. The molecule has 0 fully saturated rings. The summed E-state index contributed by atoms with van der Waals surface area (Å²) < 4.78 is 5.20. The van der Waals surface area contributed by atoms with Gasteiger partial charge in [-0.2, -0.15) is 0 Å². The molecule has 4 heteroatoms. The fourth-order valence-corrected chi connectivity index (χ4v) is 1.90. The van der Waals surface area contributed by atoms with E-state index in [2.05, 4.69) is 5.32 Å². The third-order valence-electron chi connectivity index (χ3n) is 2.19. The topological polar surface area (TPSA) is 41.5 Å². The van der Waals surface area contributed by atoms with E-state index in [-0.39, 0.29) is 0 Å². The van der Waals surface area contributed by atoms with Gasteiger partial charge in [-0.1, -0.05) is 11.6 Å². The molecule has 2 N–H and O–H groups in total. The number of aliphatic hydroxyl groups excluding tert-OH is 1. The third-order valence-corrected chi connectivity index (χ3v) is 2.50. The third kappa shape index (κ3) is 2.84. The van der Waals surface area contributed by atoms with Crippen LogP contribution in [0.25, 0.3) is 0 Å². The van der Waals surface area contributed by atoms with Crippen molar-refractivity contribution in [3.63, 3.8) is 0 Å². The van der Waals surface area contributed by atoms with Crippen molar-refractivity contribution in [3.05, 3.63) is 28.3 Å². The number of hydrogen-bond donors (Lipinski definition) is 2. The quantitative estimate of drug-likeness (QED) is 0.829. The van der Waals surface area contributed by atoms with Crippen LogP contribution in [-0.2, 0) is 0 Å². The maximum atomic E-state index is 9.88. The van der Waals surface area contributed by atoms with Crippen molar-refractivity contribution in [2.24, 2.45) is 0 Å². The summed E-state index contributed by atoms with van der Waals surface area (Å²) in [6.07, 6.45) is -0.655. The predicted octanol–water partition coefficient (Wildman–Crippen LogP) is 1.91. The van der Waals surface area contributed by atoms with Crippen LogP contribution < -0.4 is 10.1 Å². The van der Waals surface area contributed by atoms with E-state index in [0.29, 0.717) is 22.9 Å². The van der Waals surface area contributed by atoms with Crippen molar-refractivity contribution in [1.82, 2.24) is 5.32 Å². The van der Waals surface area contributed by atoms with Crippen LogP contribution in [-0.4, -0.2) is 25.8 Å². The van der Waals surface area contributed by atoms with E-state index in [4.69, 9.17) is 16.3 Å². The van der Waals surface area contributed by atoms with Crippen LogP contribution in [0.4, 0.5) is 0 Å². The van der Waals surface area contributed by atoms with Crippen LogP contribution >= 0.6 is 11.6 Å². The Hall–Kier alpha value is -0.770. The molecule has 0 bridgehead atoms. The number of rotatable bonds is 4. The lowest BCUT2D eigenvalue weighted by molar-refractivity contribution is 0.173. The Kier molecular flexibility index (Phi) is 4.39. The molecule has 84 valence electrons. The number of halogens is 1. The first-order valence-corrected chi connectivity index (χ1v) is 5.14. The highest BCUT2D eigenvalue weighted by molar-refractivity contribution is 6.31. The van der Waals surface area contributed by atoms with Crippen LogP contribution in [0.1, 0.15) is 17.2 Å². The molecule has 0 aliphatic carbocycles. The SMILES string of the molecule is CNCC(O)c1c(Cl)cc(C)cc1OC. The molecule has 0 aromatic heterocycles. The van der Waals surface area contributed by atoms with Crippen molar-refractivity contribution < 1.29 is 9.84 Å². The number of aliphatic hydroxyl groups is 1. The summed E-state index contributed by atoms with van der Waals surface area (Å²) in [6.45, 7) is 2.38. The molecule has 1 aromatic carbocycles. The predicted molar refractivity (Wildman–Crippen MR) is 61.6 cm³/mol. The molecule has 0 aliphatic heterocycles. The van der Waals surface area contributed by atoms with Gasteiger partial charge in [-0.15, -0.1) is 0 Å². The molecule has 0 saturated heterocycles. The van der Waals surface area contributed by atoms with Crippen molar-refractivity contribution in [2.75, 3.05) is 20.7 Å². The van der Waals surface area contributed by atoms with Gasteiger partial charge < -0.3 is 15.2 Å². The zero-order valence-electron chi connectivity index (χ0n) is 9.17. The molecule has 0 aliphatic rings. The fourth-order valence-electron chi connectivity index (χ4n) is 1.51.